The highest BCUT2D eigenvalue weighted by atomic mass is 35.5. The fourth-order valence-electron chi connectivity index (χ4n) is 1.51. The highest BCUT2D eigenvalue weighted by Gasteiger charge is 2.14. The first-order valence-electron chi connectivity index (χ1n) is 5.55. The molecule has 0 aliphatic rings. The molecule has 0 saturated carbocycles. The van der Waals surface area contributed by atoms with Gasteiger partial charge >= 0.3 is 0 Å². The lowest BCUT2D eigenvalue weighted by Gasteiger charge is -2.06. The van der Waals surface area contributed by atoms with Crippen molar-refractivity contribution in [2.45, 2.75) is 24.6 Å². The lowest BCUT2D eigenvalue weighted by atomic mass is 10.1. The van der Waals surface area contributed by atoms with Crippen molar-refractivity contribution in [2.75, 3.05) is 5.75 Å². The van der Waals surface area contributed by atoms with Gasteiger partial charge in [-0.15, -0.1) is 10.2 Å². The molecule has 0 aliphatic carbocycles. The average Bonchev–Trinajstić information content (AvgIpc) is 2.79. The predicted octanol–water partition coefficient (Wildman–Crippen LogP) is -0.572. The molecule has 4 nitrogen and oxygen atoms in total. The molecule has 0 spiro atoms. The fraction of sp³-hybridized carbons (Fsp3) is 0.333. The molecule has 2 aromatic rings. The van der Waals surface area contributed by atoms with Crippen LogP contribution >= 0.6 is 11.8 Å². The molecule has 0 bridgehead atoms. The predicted molar refractivity (Wildman–Crippen MR) is 67.8 cm³/mol. The highest BCUT2D eigenvalue weighted by Crippen LogP contribution is 2.20. The summed E-state index contributed by atoms with van der Waals surface area (Å²) in [5.41, 5.74) is 7.20. The van der Waals surface area contributed by atoms with Crippen LogP contribution in [0.4, 0.5) is 0 Å². The molecule has 0 aliphatic heterocycles. The van der Waals surface area contributed by atoms with Crippen LogP contribution in [0.25, 0.3) is 0 Å². The van der Waals surface area contributed by atoms with Crippen LogP contribution in [-0.4, -0.2) is 16.0 Å². The molecular weight excluding hydrogens is 270 g/mol. The van der Waals surface area contributed by atoms with E-state index in [0.29, 0.717) is 17.5 Å². The summed E-state index contributed by atoms with van der Waals surface area (Å²) in [4.78, 5) is 0. The maximum atomic E-state index is 6.03. The molecule has 1 aromatic heterocycles. The Labute approximate surface area is 117 Å². The molecular formula is C12H15ClN3OS-. The molecule has 98 valence electrons. The molecule has 1 aromatic carbocycles. The molecule has 2 N–H and O–H groups in total. The third kappa shape index (κ3) is 4.01. The summed E-state index contributed by atoms with van der Waals surface area (Å²) in [7, 11) is 0. The fourth-order valence-corrected chi connectivity index (χ4v) is 2.00. The highest BCUT2D eigenvalue weighted by molar-refractivity contribution is 7.99. The van der Waals surface area contributed by atoms with Gasteiger partial charge in [0.2, 0.25) is 5.89 Å². The third-order valence-electron chi connectivity index (χ3n) is 2.31. The first-order valence-corrected chi connectivity index (χ1v) is 6.54. The topological polar surface area (TPSA) is 64.9 Å². The van der Waals surface area contributed by atoms with Gasteiger partial charge in [0, 0.05) is 0 Å². The minimum atomic E-state index is -0.240. The second kappa shape index (κ2) is 7.41. The Hall–Kier alpha value is -1.04. The molecule has 0 radical (unpaired) electrons. The lowest BCUT2D eigenvalue weighted by Crippen LogP contribution is -3.00. The Morgan fingerprint density at radius 3 is 2.67 bits per heavy atom. The third-order valence-corrected chi connectivity index (χ3v) is 3.01. The van der Waals surface area contributed by atoms with E-state index >= 15 is 0 Å². The van der Waals surface area contributed by atoms with Crippen molar-refractivity contribution in [3.05, 3.63) is 41.8 Å². The Morgan fingerprint density at radius 2 is 2.00 bits per heavy atom. The van der Waals surface area contributed by atoms with Crippen LogP contribution in [0.15, 0.2) is 40.0 Å². The number of hydrogen-bond acceptors (Lipinski definition) is 5. The molecule has 1 unspecified atom stereocenters. The number of aromatic nitrogens is 2. The number of nitrogens with two attached hydrogens (primary N) is 1. The van der Waals surface area contributed by atoms with E-state index in [1.54, 1.807) is 0 Å². The van der Waals surface area contributed by atoms with E-state index in [0.717, 1.165) is 5.75 Å². The van der Waals surface area contributed by atoms with Crippen molar-refractivity contribution in [3.8, 4) is 0 Å². The minimum Gasteiger partial charge on any atom is -1.00 e. The van der Waals surface area contributed by atoms with Gasteiger partial charge in [-0.3, -0.25) is 0 Å². The molecule has 1 atom stereocenters. The van der Waals surface area contributed by atoms with Crippen LogP contribution in [0.3, 0.4) is 0 Å². The van der Waals surface area contributed by atoms with E-state index in [2.05, 4.69) is 10.2 Å². The first kappa shape index (κ1) is 15.0. The van der Waals surface area contributed by atoms with Gasteiger partial charge in [-0.1, -0.05) is 49.0 Å². The van der Waals surface area contributed by atoms with E-state index in [-0.39, 0.29) is 18.4 Å². The molecule has 0 amide bonds. The summed E-state index contributed by atoms with van der Waals surface area (Å²) in [6, 6.07) is 9.81. The second-order valence-corrected chi connectivity index (χ2v) is 4.85. The van der Waals surface area contributed by atoms with Crippen molar-refractivity contribution >= 4 is 11.8 Å². The van der Waals surface area contributed by atoms with Crippen LogP contribution in [-0.2, 0) is 6.42 Å². The van der Waals surface area contributed by atoms with Gasteiger partial charge in [0.05, 0.1) is 6.04 Å². The Kier molecular flexibility index (Phi) is 6.18. The summed E-state index contributed by atoms with van der Waals surface area (Å²) in [5.74, 6) is 1.42. The van der Waals surface area contributed by atoms with Crippen LogP contribution in [0.1, 0.15) is 24.4 Å². The standard InChI is InChI=1S/C12H15N3OS.ClH/c1-2-17-12-15-14-11(16-12)10(13)8-9-6-4-3-5-7-9;/h3-7,10H,2,8,13H2,1H3;1H/p-1. The average molecular weight is 285 g/mol. The maximum Gasteiger partial charge on any atom is 0.276 e. The normalized spacial score (nSPS) is 11.9. The Bertz CT molecular complexity index is 463. The van der Waals surface area contributed by atoms with Crippen LogP contribution < -0.4 is 18.1 Å². The van der Waals surface area contributed by atoms with Gasteiger partial charge in [-0.25, -0.2) is 0 Å². The van der Waals surface area contributed by atoms with Gasteiger partial charge in [-0.2, -0.15) is 0 Å². The number of rotatable bonds is 5. The zero-order chi connectivity index (χ0) is 12.1. The number of benzene rings is 1. The smallest absolute Gasteiger partial charge is 0.276 e. The summed E-state index contributed by atoms with van der Waals surface area (Å²) in [5, 5.41) is 8.49. The summed E-state index contributed by atoms with van der Waals surface area (Å²) < 4.78 is 5.47. The van der Waals surface area contributed by atoms with Crippen molar-refractivity contribution in [1.82, 2.24) is 10.2 Å². The summed E-state index contributed by atoms with van der Waals surface area (Å²) in [6.07, 6.45) is 0.708. The van der Waals surface area contributed by atoms with Gasteiger partial charge in [-0.05, 0) is 17.7 Å². The number of nitrogens with zero attached hydrogens (tertiary/aromatic N) is 2. The van der Waals surface area contributed by atoms with E-state index < -0.39 is 0 Å². The number of hydrogen-bond donors (Lipinski definition) is 1. The number of thioether (sulfide) groups is 1. The Morgan fingerprint density at radius 1 is 1.28 bits per heavy atom. The van der Waals surface area contributed by atoms with E-state index in [1.807, 2.05) is 37.3 Å². The van der Waals surface area contributed by atoms with E-state index in [4.69, 9.17) is 10.2 Å². The first-order chi connectivity index (χ1) is 8.29. The van der Waals surface area contributed by atoms with Gasteiger partial charge in [0.15, 0.2) is 0 Å². The lowest BCUT2D eigenvalue weighted by molar-refractivity contribution is -0.00000420. The van der Waals surface area contributed by atoms with Crippen LogP contribution in [0, 0.1) is 0 Å². The zero-order valence-corrected chi connectivity index (χ0v) is 11.6. The molecule has 1 heterocycles. The maximum absolute atomic E-state index is 6.03. The summed E-state index contributed by atoms with van der Waals surface area (Å²) >= 11 is 1.52. The molecule has 18 heavy (non-hydrogen) atoms. The van der Waals surface area contributed by atoms with Gasteiger partial charge in [0.1, 0.15) is 0 Å². The van der Waals surface area contributed by atoms with Crippen molar-refractivity contribution in [3.63, 3.8) is 0 Å². The zero-order valence-electron chi connectivity index (χ0n) is 10.0. The second-order valence-electron chi connectivity index (χ2n) is 3.64. The van der Waals surface area contributed by atoms with Gasteiger partial charge < -0.3 is 22.6 Å². The molecule has 6 heteroatoms. The van der Waals surface area contributed by atoms with Crippen LogP contribution in [0.5, 0.6) is 0 Å². The van der Waals surface area contributed by atoms with Crippen molar-refractivity contribution in [2.24, 2.45) is 5.73 Å². The van der Waals surface area contributed by atoms with Crippen molar-refractivity contribution in [1.29, 1.82) is 0 Å². The quantitative estimate of drug-likeness (QED) is 0.745. The van der Waals surface area contributed by atoms with Gasteiger partial charge in [0.25, 0.3) is 5.22 Å². The number of halogens is 1. The SMILES string of the molecule is CCSc1nnc(C(N)Cc2ccccc2)o1.[Cl-]. The molecule has 0 fully saturated rings. The van der Waals surface area contributed by atoms with E-state index in [1.165, 1.54) is 17.3 Å². The van der Waals surface area contributed by atoms with E-state index in [9.17, 15) is 0 Å². The summed E-state index contributed by atoms with van der Waals surface area (Å²) in [6.45, 7) is 2.04. The van der Waals surface area contributed by atoms with Crippen molar-refractivity contribution < 1.29 is 16.8 Å². The molecule has 0 saturated heterocycles. The largest absolute Gasteiger partial charge is 1.00 e. The Balaban J connectivity index is 0.00000162. The molecule has 2 rings (SSSR count). The minimum absolute atomic E-state index is 0. The van der Waals surface area contributed by atoms with Crippen LogP contribution in [0.2, 0.25) is 0 Å². The monoisotopic (exact) mass is 284 g/mol.